The summed E-state index contributed by atoms with van der Waals surface area (Å²) < 4.78 is 0. The van der Waals surface area contributed by atoms with Crippen molar-refractivity contribution in [1.29, 1.82) is 0 Å². The Bertz CT molecular complexity index is 211. The van der Waals surface area contributed by atoms with Crippen molar-refractivity contribution in [3.63, 3.8) is 0 Å². The van der Waals surface area contributed by atoms with E-state index < -0.39 is 5.97 Å². The number of hydrogen-bond donors (Lipinski definition) is 1. The van der Waals surface area contributed by atoms with Gasteiger partial charge in [0.2, 0.25) is 0 Å². The highest BCUT2D eigenvalue weighted by Gasteiger charge is 2.30. The number of hydrogen-bond acceptors (Lipinski definition) is 3. The molecule has 1 atom stereocenters. The number of piperazine rings is 1. The van der Waals surface area contributed by atoms with Crippen LogP contribution in [0.3, 0.4) is 0 Å². The summed E-state index contributed by atoms with van der Waals surface area (Å²) in [6, 6.07) is -0.316. The van der Waals surface area contributed by atoms with E-state index in [0.29, 0.717) is 0 Å². The van der Waals surface area contributed by atoms with Crippen molar-refractivity contribution < 1.29 is 9.90 Å². The molecule has 0 aromatic carbocycles. The zero-order valence-corrected chi connectivity index (χ0v) is 9.94. The highest BCUT2D eigenvalue weighted by atomic mass is 16.4. The Morgan fingerprint density at radius 2 is 1.80 bits per heavy atom. The van der Waals surface area contributed by atoms with Gasteiger partial charge in [-0.15, -0.1) is 0 Å². The molecule has 88 valence electrons. The normalized spacial score (nSPS) is 21.9. The molecule has 1 rings (SSSR count). The minimum atomic E-state index is -0.685. The Balaban J connectivity index is 2.53. The maximum absolute atomic E-state index is 11.1. The molecule has 1 saturated heterocycles. The molecule has 0 aromatic rings. The van der Waals surface area contributed by atoms with Crippen LogP contribution in [0.5, 0.6) is 0 Å². The lowest BCUT2D eigenvalue weighted by Gasteiger charge is -2.38. The van der Waals surface area contributed by atoms with E-state index in [1.165, 1.54) is 0 Å². The van der Waals surface area contributed by atoms with Gasteiger partial charge in [-0.2, -0.15) is 0 Å². The molecule has 0 bridgehead atoms. The predicted molar refractivity (Wildman–Crippen MR) is 59.9 cm³/mol. The highest BCUT2D eigenvalue weighted by molar-refractivity contribution is 5.73. The Labute approximate surface area is 91.9 Å². The van der Waals surface area contributed by atoms with Crippen LogP contribution in [-0.4, -0.2) is 59.6 Å². The topological polar surface area (TPSA) is 43.8 Å². The van der Waals surface area contributed by atoms with E-state index in [1.807, 2.05) is 13.8 Å². The van der Waals surface area contributed by atoms with Gasteiger partial charge >= 0.3 is 5.97 Å². The predicted octanol–water partition coefficient (Wildman–Crippen LogP) is 0.733. The van der Waals surface area contributed by atoms with Gasteiger partial charge in [0, 0.05) is 26.2 Å². The number of carboxylic acids is 1. The Hall–Kier alpha value is -0.610. The average Bonchev–Trinajstić information content (AvgIpc) is 2.18. The van der Waals surface area contributed by atoms with Crippen molar-refractivity contribution in [2.75, 3.05) is 32.7 Å². The zero-order valence-electron chi connectivity index (χ0n) is 9.94. The second-order valence-electron chi connectivity index (χ2n) is 4.50. The summed E-state index contributed by atoms with van der Waals surface area (Å²) in [5, 5.41) is 9.16. The third-order valence-electron chi connectivity index (χ3n) is 3.13. The van der Waals surface area contributed by atoms with Crippen molar-refractivity contribution >= 4 is 5.97 Å². The number of rotatable bonds is 4. The molecule has 0 aromatic heterocycles. The van der Waals surface area contributed by atoms with E-state index in [4.69, 9.17) is 5.11 Å². The third kappa shape index (κ3) is 3.18. The van der Waals surface area contributed by atoms with Gasteiger partial charge in [-0.05, 0) is 12.5 Å². The van der Waals surface area contributed by atoms with Gasteiger partial charge < -0.3 is 10.0 Å². The summed E-state index contributed by atoms with van der Waals surface area (Å²) in [7, 11) is 0. The summed E-state index contributed by atoms with van der Waals surface area (Å²) >= 11 is 0. The van der Waals surface area contributed by atoms with Crippen molar-refractivity contribution in [3.05, 3.63) is 0 Å². The first-order valence-corrected chi connectivity index (χ1v) is 5.75. The second-order valence-corrected chi connectivity index (χ2v) is 4.50. The van der Waals surface area contributed by atoms with Crippen LogP contribution in [-0.2, 0) is 4.79 Å². The Morgan fingerprint density at radius 1 is 1.27 bits per heavy atom. The van der Waals surface area contributed by atoms with Crippen molar-refractivity contribution in [3.8, 4) is 0 Å². The Kier molecular flexibility index (Phi) is 4.54. The zero-order chi connectivity index (χ0) is 11.4. The molecular formula is C11H22N2O2. The fourth-order valence-corrected chi connectivity index (χ4v) is 2.22. The number of aliphatic carboxylic acids is 1. The van der Waals surface area contributed by atoms with E-state index in [1.54, 1.807) is 0 Å². The van der Waals surface area contributed by atoms with Crippen LogP contribution in [0, 0.1) is 5.92 Å². The SMILES string of the molecule is CCN1CCN(C(C(=O)O)C(C)C)CC1. The van der Waals surface area contributed by atoms with Gasteiger partial charge in [-0.25, -0.2) is 0 Å². The molecular weight excluding hydrogens is 192 g/mol. The van der Waals surface area contributed by atoms with Crippen LogP contribution in [0.15, 0.2) is 0 Å². The molecule has 0 spiro atoms. The van der Waals surface area contributed by atoms with Crippen LogP contribution in [0.1, 0.15) is 20.8 Å². The molecule has 1 fully saturated rings. The minimum absolute atomic E-state index is 0.177. The van der Waals surface area contributed by atoms with Crippen LogP contribution in [0.4, 0.5) is 0 Å². The monoisotopic (exact) mass is 214 g/mol. The highest BCUT2D eigenvalue weighted by Crippen LogP contribution is 2.13. The molecule has 1 aliphatic heterocycles. The molecule has 1 aliphatic rings. The van der Waals surface area contributed by atoms with Gasteiger partial charge in [0.05, 0.1) is 0 Å². The van der Waals surface area contributed by atoms with E-state index in [9.17, 15) is 4.79 Å². The van der Waals surface area contributed by atoms with Crippen LogP contribution >= 0.6 is 0 Å². The summed E-state index contributed by atoms with van der Waals surface area (Å²) in [6.45, 7) is 10.9. The number of carbonyl (C=O) groups is 1. The average molecular weight is 214 g/mol. The maximum atomic E-state index is 11.1. The van der Waals surface area contributed by atoms with Crippen LogP contribution in [0.2, 0.25) is 0 Å². The largest absolute Gasteiger partial charge is 0.480 e. The standard InChI is InChI=1S/C11H22N2O2/c1-4-12-5-7-13(8-6-12)10(9(2)3)11(14)15/h9-10H,4-8H2,1-3H3,(H,14,15). The fraction of sp³-hybridized carbons (Fsp3) is 0.909. The first-order chi connectivity index (χ1) is 7.06. The number of likely N-dealkylation sites (N-methyl/N-ethyl adjacent to an activating group) is 1. The van der Waals surface area contributed by atoms with Gasteiger partial charge in [0.1, 0.15) is 6.04 Å². The fourth-order valence-electron chi connectivity index (χ4n) is 2.22. The van der Waals surface area contributed by atoms with E-state index in [2.05, 4.69) is 16.7 Å². The second kappa shape index (κ2) is 5.47. The number of nitrogens with zero attached hydrogens (tertiary/aromatic N) is 2. The lowest BCUT2D eigenvalue weighted by Crippen LogP contribution is -2.54. The molecule has 4 heteroatoms. The number of carboxylic acid groups (broad SMARTS) is 1. The molecule has 0 radical (unpaired) electrons. The quantitative estimate of drug-likeness (QED) is 0.749. The van der Waals surface area contributed by atoms with Crippen LogP contribution < -0.4 is 0 Å². The third-order valence-corrected chi connectivity index (χ3v) is 3.13. The molecule has 0 amide bonds. The molecule has 15 heavy (non-hydrogen) atoms. The van der Waals surface area contributed by atoms with Gasteiger partial charge in [0.25, 0.3) is 0 Å². The smallest absolute Gasteiger partial charge is 0.321 e. The van der Waals surface area contributed by atoms with E-state index in [0.717, 1.165) is 32.7 Å². The first kappa shape index (κ1) is 12.5. The summed E-state index contributed by atoms with van der Waals surface area (Å²) in [6.07, 6.45) is 0. The van der Waals surface area contributed by atoms with Crippen molar-refractivity contribution in [2.45, 2.75) is 26.8 Å². The lowest BCUT2D eigenvalue weighted by atomic mass is 10.0. The molecule has 1 N–H and O–H groups in total. The van der Waals surface area contributed by atoms with Gasteiger partial charge in [-0.3, -0.25) is 9.69 Å². The summed E-state index contributed by atoms with van der Waals surface area (Å²) in [5.41, 5.74) is 0. The molecule has 1 unspecified atom stereocenters. The lowest BCUT2D eigenvalue weighted by molar-refractivity contribution is -0.145. The van der Waals surface area contributed by atoms with Crippen molar-refractivity contribution in [2.24, 2.45) is 5.92 Å². The Morgan fingerprint density at radius 3 is 2.13 bits per heavy atom. The van der Waals surface area contributed by atoms with E-state index in [-0.39, 0.29) is 12.0 Å². The van der Waals surface area contributed by atoms with E-state index >= 15 is 0 Å². The summed E-state index contributed by atoms with van der Waals surface area (Å²) in [4.78, 5) is 15.6. The minimum Gasteiger partial charge on any atom is -0.480 e. The first-order valence-electron chi connectivity index (χ1n) is 5.75. The van der Waals surface area contributed by atoms with Gasteiger partial charge in [-0.1, -0.05) is 20.8 Å². The molecule has 1 heterocycles. The molecule has 4 nitrogen and oxygen atoms in total. The van der Waals surface area contributed by atoms with Crippen molar-refractivity contribution in [1.82, 2.24) is 9.80 Å². The molecule has 0 aliphatic carbocycles. The molecule has 0 saturated carbocycles. The van der Waals surface area contributed by atoms with Gasteiger partial charge in [0.15, 0.2) is 0 Å². The summed E-state index contributed by atoms with van der Waals surface area (Å²) in [5.74, 6) is -0.509. The maximum Gasteiger partial charge on any atom is 0.321 e. The van der Waals surface area contributed by atoms with Crippen LogP contribution in [0.25, 0.3) is 0 Å².